The summed E-state index contributed by atoms with van der Waals surface area (Å²) in [4.78, 5) is 0. The van der Waals surface area contributed by atoms with Crippen molar-refractivity contribution < 1.29 is 12.6 Å². The van der Waals surface area contributed by atoms with Crippen molar-refractivity contribution in [3.63, 3.8) is 0 Å². The highest BCUT2D eigenvalue weighted by atomic mass is 32.2. The van der Waals surface area contributed by atoms with Crippen molar-refractivity contribution in [1.29, 1.82) is 0 Å². The number of hydrogen-bond donors (Lipinski definition) is 0. The second-order valence-corrected chi connectivity index (χ2v) is 3.31. The molecule has 0 N–H and O–H groups in total. The van der Waals surface area contributed by atoms with E-state index < -0.39 is 16.8 Å². The highest BCUT2D eigenvalue weighted by molar-refractivity contribution is 7.75. The van der Waals surface area contributed by atoms with Crippen molar-refractivity contribution >= 4 is 11.4 Å². The average Bonchev–Trinajstić information content (AvgIpc) is 1.96. The van der Waals surface area contributed by atoms with E-state index in [2.05, 4.69) is 5.92 Å². The fraction of sp³-hybridized carbons (Fsp3) is 0.667. The molecular weight excluding hydrogens is 152 g/mol. The van der Waals surface area contributed by atoms with Gasteiger partial charge in [-0.15, -0.1) is 6.42 Å². The van der Waals surface area contributed by atoms with Gasteiger partial charge in [-0.2, -0.15) is 4.21 Å². The molecule has 10 heavy (non-hydrogen) atoms. The summed E-state index contributed by atoms with van der Waals surface area (Å²) in [5, 5.41) is 0. The molecule has 1 rings (SSSR count). The number of terminal acetylenes is 1. The molecule has 56 valence electrons. The molecule has 0 aromatic carbocycles. The Labute approximate surface area is 62.6 Å². The van der Waals surface area contributed by atoms with Gasteiger partial charge in [0.2, 0.25) is 0 Å². The fourth-order valence-electron chi connectivity index (χ4n) is 0.515. The first-order chi connectivity index (χ1) is 4.66. The van der Waals surface area contributed by atoms with Gasteiger partial charge >= 0.3 is 11.4 Å². The summed E-state index contributed by atoms with van der Waals surface area (Å²) in [6, 6.07) is 0. The summed E-state index contributed by atoms with van der Waals surface area (Å²) in [7, 11) is 0. The maximum atomic E-state index is 10.5. The van der Waals surface area contributed by atoms with Crippen molar-refractivity contribution in [3.05, 3.63) is 0 Å². The normalized spacial score (nSPS) is 40.6. The summed E-state index contributed by atoms with van der Waals surface area (Å²) in [5.74, 6) is 2.52. The van der Waals surface area contributed by atoms with Gasteiger partial charge in [0.05, 0.1) is 18.6 Å². The highest BCUT2D eigenvalue weighted by Crippen LogP contribution is 2.21. The van der Waals surface area contributed by atoms with E-state index in [1.54, 1.807) is 0 Å². The van der Waals surface area contributed by atoms with Gasteiger partial charge in [0.15, 0.2) is 0 Å². The van der Waals surface area contributed by atoms with Gasteiger partial charge in [-0.25, -0.2) is 0 Å². The highest BCUT2D eigenvalue weighted by Gasteiger charge is 2.29. The molecule has 0 aliphatic carbocycles. The van der Waals surface area contributed by atoms with Gasteiger partial charge in [-0.05, 0) is 6.92 Å². The first kappa shape index (κ1) is 7.73. The third kappa shape index (κ3) is 1.57. The van der Waals surface area contributed by atoms with Crippen molar-refractivity contribution in [2.45, 2.75) is 6.92 Å². The van der Waals surface area contributed by atoms with Crippen LogP contribution in [0.15, 0.2) is 0 Å². The van der Waals surface area contributed by atoms with Gasteiger partial charge in [-0.1, -0.05) is 5.92 Å². The van der Waals surface area contributed by atoms with Gasteiger partial charge in [-0.3, -0.25) is 8.37 Å². The molecule has 3 nitrogen and oxygen atoms in total. The Bertz CT molecular complexity index is 184. The lowest BCUT2D eigenvalue weighted by molar-refractivity contribution is 0.0928. The van der Waals surface area contributed by atoms with Gasteiger partial charge in [0.1, 0.15) is 0 Å². The lowest BCUT2D eigenvalue weighted by Gasteiger charge is -2.25. The largest absolute Gasteiger partial charge is 0.304 e. The summed E-state index contributed by atoms with van der Waals surface area (Å²) in [5.41, 5.74) is -0.409. The van der Waals surface area contributed by atoms with Crippen LogP contribution >= 0.6 is 0 Å². The standard InChI is InChI=1S/C6H8O3S/c1-3-6(2)4-8-10(7)9-5-6/h1H,4-5H2,2H3. The van der Waals surface area contributed by atoms with Gasteiger partial charge < -0.3 is 0 Å². The molecule has 1 saturated heterocycles. The Hall–Kier alpha value is -0.370. The molecule has 0 spiro atoms. The molecule has 1 aliphatic rings. The number of rotatable bonds is 0. The molecule has 0 aromatic heterocycles. The maximum absolute atomic E-state index is 10.5. The van der Waals surface area contributed by atoms with E-state index in [0.29, 0.717) is 13.2 Å². The minimum absolute atomic E-state index is 0.302. The maximum Gasteiger partial charge on any atom is 0.304 e. The first-order valence-electron chi connectivity index (χ1n) is 2.82. The summed E-state index contributed by atoms with van der Waals surface area (Å²) in [6.07, 6.45) is 5.17. The summed E-state index contributed by atoms with van der Waals surface area (Å²) in [6.45, 7) is 2.43. The zero-order valence-electron chi connectivity index (χ0n) is 5.62. The Morgan fingerprint density at radius 1 is 1.60 bits per heavy atom. The van der Waals surface area contributed by atoms with Crippen LogP contribution in [-0.4, -0.2) is 17.4 Å². The molecule has 0 bridgehead atoms. The molecule has 0 saturated carbocycles. The topological polar surface area (TPSA) is 35.5 Å². The lowest BCUT2D eigenvalue weighted by atomic mass is 9.95. The predicted molar refractivity (Wildman–Crippen MR) is 37.0 cm³/mol. The van der Waals surface area contributed by atoms with E-state index in [-0.39, 0.29) is 0 Å². The van der Waals surface area contributed by atoms with Crippen LogP contribution in [0.1, 0.15) is 6.92 Å². The molecule has 0 aromatic rings. The van der Waals surface area contributed by atoms with Crippen molar-refractivity contribution in [2.75, 3.05) is 13.2 Å². The Balaban J connectivity index is 2.56. The third-order valence-corrected chi connectivity index (χ3v) is 1.92. The monoisotopic (exact) mass is 160 g/mol. The minimum Gasteiger partial charge on any atom is -0.267 e. The minimum atomic E-state index is -1.58. The molecular formula is C6H8O3S. The van der Waals surface area contributed by atoms with Crippen LogP contribution in [0, 0.1) is 17.8 Å². The Morgan fingerprint density at radius 3 is 2.50 bits per heavy atom. The summed E-state index contributed by atoms with van der Waals surface area (Å²) >= 11 is -1.58. The fourth-order valence-corrected chi connectivity index (χ4v) is 1.30. The van der Waals surface area contributed by atoms with E-state index in [1.165, 1.54) is 0 Å². The van der Waals surface area contributed by atoms with Crippen molar-refractivity contribution in [1.82, 2.24) is 0 Å². The zero-order chi connectivity index (χ0) is 7.61. The van der Waals surface area contributed by atoms with Crippen molar-refractivity contribution in [3.8, 4) is 12.3 Å². The molecule has 0 radical (unpaired) electrons. The smallest absolute Gasteiger partial charge is 0.267 e. The van der Waals surface area contributed by atoms with Gasteiger partial charge in [0.25, 0.3) is 0 Å². The van der Waals surface area contributed by atoms with Crippen LogP contribution in [0.4, 0.5) is 0 Å². The molecule has 0 amide bonds. The zero-order valence-corrected chi connectivity index (χ0v) is 6.44. The van der Waals surface area contributed by atoms with E-state index in [4.69, 9.17) is 14.8 Å². The quantitative estimate of drug-likeness (QED) is 0.476. The van der Waals surface area contributed by atoms with E-state index in [0.717, 1.165) is 0 Å². The second kappa shape index (κ2) is 2.70. The van der Waals surface area contributed by atoms with E-state index >= 15 is 0 Å². The predicted octanol–water partition coefficient (Wildman–Crippen LogP) is 0.251. The van der Waals surface area contributed by atoms with Crippen LogP contribution in [-0.2, 0) is 19.7 Å². The average molecular weight is 160 g/mol. The molecule has 1 aliphatic heterocycles. The van der Waals surface area contributed by atoms with Gasteiger partial charge in [0, 0.05) is 0 Å². The van der Waals surface area contributed by atoms with E-state index in [9.17, 15) is 4.21 Å². The number of hydrogen-bond acceptors (Lipinski definition) is 3. The molecule has 1 fully saturated rings. The van der Waals surface area contributed by atoms with Crippen LogP contribution in [0.25, 0.3) is 0 Å². The molecule has 0 unspecified atom stereocenters. The van der Waals surface area contributed by atoms with Crippen LogP contribution < -0.4 is 0 Å². The van der Waals surface area contributed by atoms with Crippen molar-refractivity contribution in [2.24, 2.45) is 5.41 Å². The van der Waals surface area contributed by atoms with Crippen LogP contribution in [0.5, 0.6) is 0 Å². The van der Waals surface area contributed by atoms with Crippen LogP contribution in [0.2, 0.25) is 0 Å². The first-order valence-corrected chi connectivity index (χ1v) is 3.82. The van der Waals surface area contributed by atoms with E-state index in [1.807, 2.05) is 6.92 Å². The lowest BCUT2D eigenvalue weighted by Crippen LogP contribution is -2.33. The Kier molecular flexibility index (Phi) is 2.09. The molecule has 4 heteroatoms. The molecule has 0 atom stereocenters. The SMILES string of the molecule is C#CC1(C)COS(=O)OC1. The second-order valence-electron chi connectivity index (χ2n) is 2.43. The Morgan fingerprint density at radius 2 is 2.10 bits per heavy atom. The third-order valence-electron chi connectivity index (χ3n) is 1.30. The van der Waals surface area contributed by atoms with Crippen LogP contribution in [0.3, 0.4) is 0 Å². The molecule has 1 heterocycles. The summed E-state index contributed by atoms with van der Waals surface area (Å²) < 4.78 is 19.8.